The number of anilines is 1. The zero-order chi connectivity index (χ0) is 18.1. The van der Waals surface area contributed by atoms with Crippen LogP contribution in [0.3, 0.4) is 0 Å². The van der Waals surface area contributed by atoms with Gasteiger partial charge >= 0.3 is 0 Å². The molecule has 0 bridgehead atoms. The maximum atomic E-state index is 5.79. The third-order valence-corrected chi connectivity index (χ3v) is 3.67. The lowest BCUT2D eigenvalue weighted by atomic mass is 10.2. The molecule has 26 heavy (non-hydrogen) atoms. The van der Waals surface area contributed by atoms with Crippen molar-refractivity contribution >= 4 is 47.2 Å². The van der Waals surface area contributed by atoms with Crippen LogP contribution in [0.4, 0.5) is 5.69 Å². The van der Waals surface area contributed by atoms with Crippen molar-refractivity contribution in [2.24, 2.45) is 4.99 Å². The third-order valence-electron chi connectivity index (χ3n) is 3.44. The van der Waals surface area contributed by atoms with Gasteiger partial charge in [0.1, 0.15) is 5.15 Å². The molecule has 142 valence electrons. The molecule has 2 aromatic rings. The molecule has 0 saturated heterocycles. The Kier molecular flexibility index (Phi) is 10.1. The lowest BCUT2D eigenvalue weighted by molar-refractivity contribution is 0.311. The second-order valence-corrected chi connectivity index (χ2v) is 5.55. The van der Waals surface area contributed by atoms with Crippen LogP contribution in [0.25, 0.3) is 0 Å². The molecule has 0 aliphatic carbocycles. The van der Waals surface area contributed by atoms with Gasteiger partial charge in [0, 0.05) is 31.5 Å². The van der Waals surface area contributed by atoms with E-state index in [4.69, 9.17) is 21.1 Å². The fourth-order valence-electron chi connectivity index (χ4n) is 2.22. The molecular formula is C18H24ClIN4O2. The predicted octanol–water partition coefficient (Wildman–Crippen LogP) is 3.99. The van der Waals surface area contributed by atoms with Crippen molar-refractivity contribution in [1.82, 2.24) is 10.3 Å². The van der Waals surface area contributed by atoms with Crippen molar-refractivity contribution in [3.05, 3.63) is 47.2 Å². The molecule has 0 unspecified atom stereocenters. The second-order valence-electron chi connectivity index (χ2n) is 5.16. The van der Waals surface area contributed by atoms with Crippen LogP contribution in [-0.2, 0) is 6.42 Å². The molecule has 0 saturated carbocycles. The number of nitrogens with zero attached hydrogens (tertiary/aromatic N) is 2. The maximum absolute atomic E-state index is 5.79. The highest BCUT2D eigenvalue weighted by Gasteiger charge is 2.07. The molecule has 0 fully saturated rings. The summed E-state index contributed by atoms with van der Waals surface area (Å²) in [4.78, 5) is 8.30. The Hall–Kier alpha value is -1.74. The van der Waals surface area contributed by atoms with Gasteiger partial charge in [0.15, 0.2) is 17.5 Å². The summed E-state index contributed by atoms with van der Waals surface area (Å²) < 4.78 is 10.9. The van der Waals surface area contributed by atoms with E-state index in [9.17, 15) is 0 Å². The zero-order valence-electron chi connectivity index (χ0n) is 15.1. The van der Waals surface area contributed by atoms with Gasteiger partial charge in [-0.2, -0.15) is 0 Å². The van der Waals surface area contributed by atoms with E-state index in [0.29, 0.717) is 29.2 Å². The number of pyridine rings is 1. The number of nitrogens with one attached hydrogen (secondary N) is 2. The summed E-state index contributed by atoms with van der Waals surface area (Å²) in [6, 6.07) is 9.42. The highest BCUT2D eigenvalue weighted by Crippen LogP contribution is 2.30. The first-order valence-electron chi connectivity index (χ1n) is 8.05. The van der Waals surface area contributed by atoms with Crippen LogP contribution in [0, 0.1) is 0 Å². The van der Waals surface area contributed by atoms with Crippen molar-refractivity contribution in [3.8, 4) is 11.5 Å². The van der Waals surface area contributed by atoms with Crippen LogP contribution < -0.4 is 20.1 Å². The summed E-state index contributed by atoms with van der Waals surface area (Å²) in [7, 11) is 3.35. The van der Waals surface area contributed by atoms with Crippen molar-refractivity contribution in [1.29, 1.82) is 0 Å². The molecule has 0 amide bonds. The smallest absolute Gasteiger partial charge is 0.195 e. The highest BCUT2D eigenvalue weighted by atomic mass is 127. The Balaban J connectivity index is 0.00000338. The predicted molar refractivity (Wildman–Crippen MR) is 118 cm³/mol. The van der Waals surface area contributed by atoms with E-state index in [0.717, 1.165) is 24.2 Å². The quantitative estimate of drug-likeness (QED) is 0.266. The van der Waals surface area contributed by atoms with Gasteiger partial charge in [-0.3, -0.25) is 4.99 Å². The minimum Gasteiger partial charge on any atom is -0.493 e. The van der Waals surface area contributed by atoms with Gasteiger partial charge in [-0.25, -0.2) is 4.98 Å². The molecule has 0 aliphatic rings. The SMILES string of the molecule is CCOc1ccc(NC(=NC)NCCc2ccc(Cl)nc2)cc1OC.I. The largest absolute Gasteiger partial charge is 0.493 e. The second kappa shape index (κ2) is 11.8. The topological polar surface area (TPSA) is 67.8 Å². The van der Waals surface area contributed by atoms with Crippen LogP contribution in [0.2, 0.25) is 5.15 Å². The van der Waals surface area contributed by atoms with Gasteiger partial charge in [-0.05, 0) is 37.1 Å². The number of benzene rings is 1. The van der Waals surface area contributed by atoms with Gasteiger partial charge in [0.05, 0.1) is 13.7 Å². The van der Waals surface area contributed by atoms with E-state index in [-0.39, 0.29) is 24.0 Å². The summed E-state index contributed by atoms with van der Waals surface area (Å²) in [5.74, 6) is 2.07. The number of guanidine groups is 1. The maximum Gasteiger partial charge on any atom is 0.195 e. The molecule has 1 heterocycles. The van der Waals surface area contributed by atoms with Crippen molar-refractivity contribution < 1.29 is 9.47 Å². The van der Waals surface area contributed by atoms with Gasteiger partial charge < -0.3 is 20.1 Å². The summed E-state index contributed by atoms with van der Waals surface area (Å²) in [5.41, 5.74) is 1.97. The molecule has 0 spiro atoms. The first kappa shape index (κ1) is 22.3. The fourth-order valence-corrected chi connectivity index (χ4v) is 2.33. The summed E-state index contributed by atoms with van der Waals surface area (Å²) in [6.07, 6.45) is 2.59. The number of methoxy groups -OCH3 is 1. The third kappa shape index (κ3) is 6.87. The number of hydrogen-bond donors (Lipinski definition) is 2. The summed E-state index contributed by atoms with van der Waals surface area (Å²) >= 11 is 5.79. The van der Waals surface area contributed by atoms with E-state index < -0.39 is 0 Å². The van der Waals surface area contributed by atoms with E-state index >= 15 is 0 Å². The monoisotopic (exact) mass is 490 g/mol. The number of halogens is 2. The van der Waals surface area contributed by atoms with Crippen molar-refractivity contribution in [2.75, 3.05) is 32.6 Å². The van der Waals surface area contributed by atoms with Crippen LogP contribution in [0.1, 0.15) is 12.5 Å². The average Bonchev–Trinajstić information content (AvgIpc) is 2.63. The number of aliphatic imine (C=N–C) groups is 1. The zero-order valence-corrected chi connectivity index (χ0v) is 18.2. The lowest BCUT2D eigenvalue weighted by Gasteiger charge is -2.14. The van der Waals surface area contributed by atoms with Crippen molar-refractivity contribution in [3.63, 3.8) is 0 Å². The van der Waals surface area contributed by atoms with Gasteiger partial charge in [0.25, 0.3) is 0 Å². The highest BCUT2D eigenvalue weighted by molar-refractivity contribution is 14.0. The summed E-state index contributed by atoms with van der Waals surface area (Å²) in [5, 5.41) is 7.00. The van der Waals surface area contributed by atoms with Crippen LogP contribution in [0.15, 0.2) is 41.5 Å². The molecule has 2 rings (SSSR count). The molecule has 1 aromatic carbocycles. The molecule has 2 N–H and O–H groups in total. The Morgan fingerprint density at radius 3 is 2.65 bits per heavy atom. The van der Waals surface area contributed by atoms with Gasteiger partial charge in [0.2, 0.25) is 0 Å². The Morgan fingerprint density at radius 1 is 1.23 bits per heavy atom. The molecular weight excluding hydrogens is 467 g/mol. The Labute approximate surface area is 176 Å². The average molecular weight is 491 g/mol. The minimum absolute atomic E-state index is 0. The summed E-state index contributed by atoms with van der Waals surface area (Å²) in [6.45, 7) is 3.25. The molecule has 0 aliphatic heterocycles. The van der Waals surface area contributed by atoms with Crippen molar-refractivity contribution in [2.45, 2.75) is 13.3 Å². The molecule has 0 radical (unpaired) electrons. The molecule has 8 heteroatoms. The van der Waals surface area contributed by atoms with Gasteiger partial charge in [-0.1, -0.05) is 17.7 Å². The van der Waals surface area contributed by atoms with Crippen LogP contribution in [-0.4, -0.2) is 38.3 Å². The normalized spacial score (nSPS) is 10.7. The number of ether oxygens (including phenoxy) is 2. The van der Waals surface area contributed by atoms with E-state index in [1.54, 1.807) is 26.4 Å². The number of aromatic nitrogens is 1. The van der Waals surface area contributed by atoms with Crippen LogP contribution in [0.5, 0.6) is 11.5 Å². The van der Waals surface area contributed by atoms with E-state index in [1.807, 2.05) is 31.2 Å². The number of hydrogen-bond acceptors (Lipinski definition) is 4. The standard InChI is InChI=1S/C18H23ClN4O2.HI/c1-4-25-15-7-6-14(11-16(15)24-3)23-18(20-2)21-10-9-13-5-8-17(19)22-12-13;/h5-8,11-12H,4,9-10H2,1-3H3,(H2,20,21,23);1H. The molecule has 1 aromatic heterocycles. The Morgan fingerprint density at radius 2 is 2.04 bits per heavy atom. The lowest BCUT2D eigenvalue weighted by Crippen LogP contribution is -2.32. The van der Waals surface area contributed by atoms with E-state index in [1.165, 1.54) is 0 Å². The molecule has 6 nitrogen and oxygen atoms in total. The number of rotatable bonds is 7. The van der Waals surface area contributed by atoms with Gasteiger partial charge in [-0.15, -0.1) is 24.0 Å². The minimum atomic E-state index is 0. The fraction of sp³-hybridized carbons (Fsp3) is 0.333. The molecule has 0 atom stereocenters. The van der Waals surface area contributed by atoms with Crippen LogP contribution >= 0.6 is 35.6 Å². The first-order chi connectivity index (χ1) is 12.2. The first-order valence-corrected chi connectivity index (χ1v) is 8.43. The Bertz CT molecular complexity index is 711. The van der Waals surface area contributed by atoms with E-state index in [2.05, 4.69) is 20.6 Å².